The Kier molecular flexibility index (Phi) is 4.15. The van der Waals surface area contributed by atoms with E-state index in [1.807, 2.05) is 0 Å². The highest BCUT2D eigenvalue weighted by Gasteiger charge is 2.19. The summed E-state index contributed by atoms with van der Waals surface area (Å²) in [4.78, 5) is -0.445. The molecular weight excluding hydrogens is 303 g/mol. The molecule has 7 heteroatoms. The fourth-order valence-corrected chi connectivity index (χ4v) is 2.89. The molecule has 0 saturated heterocycles. The minimum absolute atomic E-state index is 0.139. The molecule has 2 aromatic carbocycles. The first kappa shape index (κ1) is 14.6. The number of hydrogen-bond acceptors (Lipinski definition) is 3. The van der Waals surface area contributed by atoms with Crippen LogP contribution in [0.4, 0.5) is 15.8 Å². The van der Waals surface area contributed by atoms with E-state index in [0.29, 0.717) is 5.69 Å². The van der Waals surface area contributed by atoms with Gasteiger partial charge in [0, 0.05) is 23.4 Å². The van der Waals surface area contributed by atoms with Crippen molar-refractivity contribution in [3.63, 3.8) is 0 Å². The average molecular weight is 315 g/mol. The monoisotopic (exact) mass is 314 g/mol. The Bertz CT molecular complexity index is 718. The van der Waals surface area contributed by atoms with Crippen molar-refractivity contribution in [2.24, 2.45) is 0 Å². The van der Waals surface area contributed by atoms with Crippen molar-refractivity contribution in [3.05, 3.63) is 53.3 Å². The van der Waals surface area contributed by atoms with Crippen LogP contribution in [-0.2, 0) is 10.0 Å². The van der Waals surface area contributed by atoms with Crippen LogP contribution in [0.2, 0.25) is 5.02 Å². The lowest BCUT2D eigenvalue weighted by atomic mass is 10.3. The van der Waals surface area contributed by atoms with Crippen LogP contribution >= 0.6 is 11.6 Å². The van der Waals surface area contributed by atoms with E-state index in [2.05, 4.69) is 10.0 Å². The average Bonchev–Trinajstić information content (AvgIpc) is 2.38. The van der Waals surface area contributed by atoms with E-state index in [9.17, 15) is 12.8 Å². The van der Waals surface area contributed by atoms with E-state index < -0.39 is 20.7 Å². The molecule has 0 aliphatic rings. The van der Waals surface area contributed by atoms with Gasteiger partial charge in [0.25, 0.3) is 10.0 Å². The van der Waals surface area contributed by atoms with Crippen molar-refractivity contribution in [2.45, 2.75) is 4.90 Å². The molecule has 106 valence electrons. The van der Waals surface area contributed by atoms with Gasteiger partial charge in [0.05, 0.1) is 0 Å². The van der Waals surface area contributed by atoms with Crippen molar-refractivity contribution in [3.8, 4) is 0 Å². The molecule has 2 rings (SSSR count). The molecule has 0 atom stereocenters. The quantitative estimate of drug-likeness (QED) is 0.910. The lowest BCUT2D eigenvalue weighted by Crippen LogP contribution is -2.14. The first-order valence-electron chi connectivity index (χ1n) is 5.68. The van der Waals surface area contributed by atoms with E-state index in [1.165, 1.54) is 6.07 Å². The van der Waals surface area contributed by atoms with E-state index in [1.54, 1.807) is 31.3 Å². The summed E-state index contributed by atoms with van der Waals surface area (Å²) in [6, 6.07) is 9.98. The van der Waals surface area contributed by atoms with Gasteiger partial charge in [0.2, 0.25) is 0 Å². The Labute approximate surface area is 121 Å². The Morgan fingerprint density at radius 3 is 2.20 bits per heavy atom. The van der Waals surface area contributed by atoms with Crippen LogP contribution in [0, 0.1) is 5.82 Å². The highest BCUT2D eigenvalue weighted by Crippen LogP contribution is 2.22. The lowest BCUT2D eigenvalue weighted by molar-refractivity contribution is 0.570. The van der Waals surface area contributed by atoms with Crippen LogP contribution in [0.15, 0.2) is 47.4 Å². The smallest absolute Gasteiger partial charge is 0.264 e. The van der Waals surface area contributed by atoms with Crippen molar-refractivity contribution >= 4 is 33.0 Å². The lowest BCUT2D eigenvalue weighted by Gasteiger charge is -2.09. The summed E-state index contributed by atoms with van der Waals surface area (Å²) >= 11 is 5.60. The summed E-state index contributed by atoms with van der Waals surface area (Å²) in [5.41, 5.74) is 1.18. The Hall–Kier alpha value is -1.79. The number of hydrogen-bond donors (Lipinski definition) is 2. The maximum Gasteiger partial charge on any atom is 0.264 e. The molecule has 2 aromatic rings. The number of rotatable bonds is 4. The van der Waals surface area contributed by atoms with Crippen molar-refractivity contribution < 1.29 is 12.8 Å². The highest BCUT2D eigenvalue weighted by molar-refractivity contribution is 7.92. The molecule has 20 heavy (non-hydrogen) atoms. The molecule has 0 heterocycles. The summed E-state index contributed by atoms with van der Waals surface area (Å²) in [7, 11) is -2.23. The molecule has 0 aliphatic carbocycles. The van der Waals surface area contributed by atoms with Crippen LogP contribution in [0.25, 0.3) is 0 Å². The molecule has 0 bridgehead atoms. The van der Waals surface area contributed by atoms with Crippen molar-refractivity contribution in [2.75, 3.05) is 17.1 Å². The minimum Gasteiger partial charge on any atom is -0.388 e. The second-order valence-electron chi connectivity index (χ2n) is 4.01. The summed E-state index contributed by atoms with van der Waals surface area (Å²) in [6.07, 6.45) is 0. The van der Waals surface area contributed by atoms with Gasteiger partial charge in [-0.1, -0.05) is 11.6 Å². The Morgan fingerprint density at radius 1 is 1.05 bits per heavy atom. The Balaban J connectivity index is 2.30. The predicted molar refractivity (Wildman–Crippen MR) is 78.2 cm³/mol. The summed E-state index contributed by atoms with van der Waals surface area (Å²) in [6.45, 7) is 0. The minimum atomic E-state index is -3.98. The molecule has 0 radical (unpaired) electrons. The standard InChI is InChI=1S/C13H12ClFN2O2S/c1-16-10-3-5-11(6-4-10)17-20(18,19)13-7-2-9(14)8-12(13)15/h2-8,16-17H,1H3. The molecule has 0 saturated carbocycles. The zero-order valence-electron chi connectivity index (χ0n) is 10.5. The van der Waals surface area contributed by atoms with E-state index in [0.717, 1.165) is 17.8 Å². The zero-order chi connectivity index (χ0) is 14.8. The molecule has 0 fully saturated rings. The first-order chi connectivity index (χ1) is 9.42. The third-order valence-electron chi connectivity index (χ3n) is 2.61. The molecule has 0 aromatic heterocycles. The molecule has 0 unspecified atom stereocenters. The fraction of sp³-hybridized carbons (Fsp3) is 0.0769. The molecule has 0 aliphatic heterocycles. The van der Waals surface area contributed by atoms with Crippen molar-refractivity contribution in [1.82, 2.24) is 0 Å². The normalized spacial score (nSPS) is 11.2. The maximum atomic E-state index is 13.7. The fourth-order valence-electron chi connectivity index (χ4n) is 1.61. The molecule has 4 nitrogen and oxygen atoms in total. The van der Waals surface area contributed by atoms with E-state index in [-0.39, 0.29) is 5.02 Å². The van der Waals surface area contributed by atoms with Crippen LogP contribution in [0.5, 0.6) is 0 Å². The third-order valence-corrected chi connectivity index (χ3v) is 4.26. The van der Waals surface area contributed by atoms with E-state index in [4.69, 9.17) is 11.6 Å². The molecule has 2 N–H and O–H groups in total. The topological polar surface area (TPSA) is 58.2 Å². The highest BCUT2D eigenvalue weighted by atomic mass is 35.5. The van der Waals surface area contributed by atoms with Crippen LogP contribution in [0.3, 0.4) is 0 Å². The zero-order valence-corrected chi connectivity index (χ0v) is 12.1. The number of anilines is 2. The summed E-state index contributed by atoms with van der Waals surface area (Å²) in [5, 5.41) is 3.05. The molecular formula is C13H12ClFN2O2S. The van der Waals surface area contributed by atoms with Gasteiger partial charge in [-0.2, -0.15) is 0 Å². The van der Waals surface area contributed by atoms with Crippen LogP contribution in [-0.4, -0.2) is 15.5 Å². The van der Waals surface area contributed by atoms with Gasteiger partial charge in [0.1, 0.15) is 10.7 Å². The van der Waals surface area contributed by atoms with Gasteiger partial charge in [-0.25, -0.2) is 12.8 Å². The van der Waals surface area contributed by atoms with Gasteiger partial charge < -0.3 is 5.32 Å². The van der Waals surface area contributed by atoms with Gasteiger partial charge in [-0.05, 0) is 42.5 Å². The molecule has 0 amide bonds. The number of benzene rings is 2. The molecule has 0 spiro atoms. The second kappa shape index (κ2) is 5.68. The Morgan fingerprint density at radius 2 is 1.65 bits per heavy atom. The predicted octanol–water partition coefficient (Wildman–Crippen LogP) is 3.32. The van der Waals surface area contributed by atoms with Crippen LogP contribution < -0.4 is 10.0 Å². The maximum absolute atomic E-state index is 13.7. The summed E-state index contributed by atoms with van der Waals surface area (Å²) < 4.78 is 40.1. The number of sulfonamides is 1. The van der Waals surface area contributed by atoms with Crippen LogP contribution in [0.1, 0.15) is 0 Å². The first-order valence-corrected chi connectivity index (χ1v) is 7.54. The van der Waals surface area contributed by atoms with Crippen molar-refractivity contribution in [1.29, 1.82) is 0 Å². The van der Waals surface area contributed by atoms with Gasteiger partial charge in [-0.3, -0.25) is 4.72 Å². The van der Waals surface area contributed by atoms with Gasteiger partial charge >= 0.3 is 0 Å². The summed E-state index contributed by atoms with van der Waals surface area (Å²) in [5.74, 6) is -0.892. The largest absolute Gasteiger partial charge is 0.388 e. The van der Waals surface area contributed by atoms with E-state index >= 15 is 0 Å². The van der Waals surface area contributed by atoms with Gasteiger partial charge in [-0.15, -0.1) is 0 Å². The third kappa shape index (κ3) is 3.20. The SMILES string of the molecule is CNc1ccc(NS(=O)(=O)c2ccc(Cl)cc2F)cc1. The number of nitrogens with one attached hydrogen (secondary N) is 2. The van der Waals surface area contributed by atoms with Gasteiger partial charge in [0.15, 0.2) is 0 Å². The number of halogens is 2. The second-order valence-corrected chi connectivity index (χ2v) is 6.09.